The summed E-state index contributed by atoms with van der Waals surface area (Å²) >= 11 is 0. The third-order valence-electron chi connectivity index (χ3n) is 10.7. The molecule has 0 spiro atoms. The fraction of sp³-hybridized carbons (Fsp3) is 1.00. The van der Waals surface area contributed by atoms with Gasteiger partial charge in [-0.05, 0) is 55.8 Å². The van der Waals surface area contributed by atoms with Crippen LogP contribution in [-0.4, -0.2) is 82.6 Å². The molecule has 0 amide bonds. The standard InChI is InChI=1S/C26H29F19O4/c1-10-11(2)16-3-12(10)7-17(16,27)8-18(21(28,29)30,22(31,32)33)49-9-48-15-5-13(19(46,23(34,35)36)24(37,38)39)4-14(6-15)20(47,25(40,41)42)26(43,44)45/h10-16,46-47H,3-9H2,1-2H3. The predicted molar refractivity (Wildman–Crippen MR) is 124 cm³/mol. The maximum atomic E-state index is 16.0. The van der Waals surface area contributed by atoms with Crippen LogP contribution in [0.2, 0.25) is 0 Å². The number of halogens is 19. The molecule has 0 aliphatic heterocycles. The Morgan fingerprint density at radius 2 is 0.959 bits per heavy atom. The van der Waals surface area contributed by atoms with Gasteiger partial charge in [0.1, 0.15) is 12.5 Å². The first-order valence-corrected chi connectivity index (χ1v) is 14.3. The Labute approximate surface area is 264 Å². The van der Waals surface area contributed by atoms with Gasteiger partial charge in [-0.1, -0.05) is 13.8 Å². The lowest BCUT2D eigenvalue weighted by Crippen LogP contribution is -2.67. The molecule has 23 heteroatoms. The van der Waals surface area contributed by atoms with Gasteiger partial charge in [-0.2, -0.15) is 79.0 Å². The topological polar surface area (TPSA) is 58.9 Å². The number of hydrogen-bond donors (Lipinski definition) is 2. The molecule has 0 radical (unpaired) electrons. The molecule has 2 N–H and O–H groups in total. The van der Waals surface area contributed by atoms with Crippen molar-refractivity contribution in [1.29, 1.82) is 0 Å². The molecule has 49 heavy (non-hydrogen) atoms. The van der Waals surface area contributed by atoms with Crippen LogP contribution in [0.5, 0.6) is 0 Å². The Balaban J connectivity index is 2.04. The highest BCUT2D eigenvalue weighted by Gasteiger charge is 2.79. The third kappa shape index (κ3) is 6.79. The first-order valence-electron chi connectivity index (χ1n) is 14.3. The molecule has 0 aromatic rings. The van der Waals surface area contributed by atoms with Gasteiger partial charge in [0.05, 0.1) is 6.10 Å². The molecule has 7 unspecified atom stereocenters. The van der Waals surface area contributed by atoms with Gasteiger partial charge < -0.3 is 19.7 Å². The maximum Gasteiger partial charge on any atom is 0.426 e. The number of alkyl halides is 19. The van der Waals surface area contributed by atoms with Crippen LogP contribution in [0.1, 0.15) is 52.4 Å². The molecule has 290 valence electrons. The molecule has 2 bridgehead atoms. The van der Waals surface area contributed by atoms with Crippen LogP contribution >= 0.6 is 0 Å². The van der Waals surface area contributed by atoms with Crippen LogP contribution in [0.4, 0.5) is 83.4 Å². The zero-order valence-corrected chi connectivity index (χ0v) is 24.9. The van der Waals surface area contributed by atoms with Crippen molar-refractivity contribution >= 4 is 0 Å². The molecule has 4 nitrogen and oxygen atoms in total. The summed E-state index contributed by atoms with van der Waals surface area (Å²) in [5.74, 6) is -10.6. The fourth-order valence-corrected chi connectivity index (χ4v) is 7.85. The lowest BCUT2D eigenvalue weighted by Gasteiger charge is -2.48. The highest BCUT2D eigenvalue weighted by Crippen LogP contribution is 2.64. The number of rotatable bonds is 8. The predicted octanol–water partition coefficient (Wildman–Crippen LogP) is 8.75. The van der Waals surface area contributed by atoms with Crippen molar-refractivity contribution in [1.82, 2.24) is 0 Å². The Kier molecular flexibility index (Phi) is 10.5. The minimum absolute atomic E-state index is 0.116. The molecule has 0 saturated heterocycles. The number of aliphatic hydroxyl groups is 2. The summed E-state index contributed by atoms with van der Waals surface area (Å²) in [5, 5.41) is 19.5. The quantitative estimate of drug-likeness (QED) is 0.192. The summed E-state index contributed by atoms with van der Waals surface area (Å²) in [7, 11) is 0. The number of hydrogen-bond acceptors (Lipinski definition) is 4. The van der Waals surface area contributed by atoms with Gasteiger partial charge in [0, 0.05) is 18.3 Å². The van der Waals surface area contributed by atoms with E-state index in [4.69, 9.17) is 0 Å². The largest absolute Gasteiger partial charge is 0.426 e. The third-order valence-corrected chi connectivity index (χ3v) is 10.7. The van der Waals surface area contributed by atoms with Crippen LogP contribution in [0, 0.1) is 35.5 Å². The Bertz CT molecular complexity index is 1080. The van der Waals surface area contributed by atoms with E-state index in [0.717, 1.165) is 0 Å². The first-order chi connectivity index (χ1) is 21.5. The van der Waals surface area contributed by atoms with E-state index in [1.54, 1.807) is 6.92 Å². The van der Waals surface area contributed by atoms with Gasteiger partial charge in [-0.15, -0.1) is 0 Å². The summed E-state index contributed by atoms with van der Waals surface area (Å²) in [6.45, 7) is 0.450. The Morgan fingerprint density at radius 3 is 1.27 bits per heavy atom. The second kappa shape index (κ2) is 12.3. The summed E-state index contributed by atoms with van der Waals surface area (Å²) in [6.07, 6.45) is -53.7. The lowest BCUT2D eigenvalue weighted by atomic mass is 9.65. The minimum atomic E-state index is -6.89. The highest BCUT2D eigenvalue weighted by atomic mass is 19.4. The van der Waals surface area contributed by atoms with Crippen LogP contribution < -0.4 is 0 Å². The van der Waals surface area contributed by atoms with Crippen molar-refractivity contribution in [2.24, 2.45) is 35.5 Å². The van der Waals surface area contributed by atoms with Crippen LogP contribution in [0.3, 0.4) is 0 Å². The van der Waals surface area contributed by atoms with E-state index in [2.05, 4.69) is 9.47 Å². The van der Waals surface area contributed by atoms with Crippen molar-refractivity contribution in [3.05, 3.63) is 0 Å². The summed E-state index contributed by atoms with van der Waals surface area (Å²) < 4.78 is 273. The normalized spacial score (nSPS) is 33.0. The van der Waals surface area contributed by atoms with Gasteiger partial charge >= 0.3 is 37.1 Å². The van der Waals surface area contributed by atoms with Gasteiger partial charge in [0.25, 0.3) is 16.8 Å². The Hall–Kier alpha value is -1.49. The van der Waals surface area contributed by atoms with Crippen LogP contribution in [0.25, 0.3) is 0 Å². The highest BCUT2D eigenvalue weighted by molar-refractivity contribution is 5.13. The second-order valence-corrected chi connectivity index (χ2v) is 13.2. The molecule has 3 fully saturated rings. The number of ether oxygens (including phenoxy) is 2. The van der Waals surface area contributed by atoms with E-state index in [1.165, 1.54) is 6.92 Å². The van der Waals surface area contributed by atoms with Gasteiger partial charge in [0.2, 0.25) is 0 Å². The molecule has 0 aromatic heterocycles. The molecular formula is C26H29F19O4. The maximum absolute atomic E-state index is 16.0. The van der Waals surface area contributed by atoms with Gasteiger partial charge in [-0.3, -0.25) is 0 Å². The molecule has 3 rings (SSSR count). The van der Waals surface area contributed by atoms with E-state index >= 15 is 4.39 Å². The molecular weight excluding hydrogens is 737 g/mol. The van der Waals surface area contributed by atoms with E-state index < -0.39 is 134 Å². The van der Waals surface area contributed by atoms with Gasteiger partial charge in [0.15, 0.2) is 0 Å². The monoisotopic (exact) mass is 766 g/mol. The SMILES string of the molecule is CC1C2CC(C1C)C(F)(CC(OCOC1CC(C(O)(C(F)(F)F)C(F)(F)F)CC(C(O)(C(F)(F)F)C(F)(F)F)C1)(C(F)(F)F)C(F)(F)F)C2. The van der Waals surface area contributed by atoms with Gasteiger partial charge in [-0.25, -0.2) is 4.39 Å². The van der Waals surface area contributed by atoms with Crippen molar-refractivity contribution < 1.29 is 103 Å². The van der Waals surface area contributed by atoms with Crippen molar-refractivity contribution in [3.63, 3.8) is 0 Å². The smallest absolute Gasteiger partial charge is 0.373 e. The van der Waals surface area contributed by atoms with Crippen molar-refractivity contribution in [3.8, 4) is 0 Å². The minimum Gasteiger partial charge on any atom is -0.373 e. The summed E-state index contributed by atoms with van der Waals surface area (Å²) in [4.78, 5) is 0. The average Bonchev–Trinajstić information content (AvgIpc) is 3.36. The number of fused-ring (bicyclic) bond motifs is 2. The molecule has 0 aromatic carbocycles. The van der Waals surface area contributed by atoms with Crippen LogP contribution in [-0.2, 0) is 9.47 Å². The summed E-state index contributed by atoms with van der Waals surface area (Å²) in [6, 6.07) is 0. The van der Waals surface area contributed by atoms with Crippen LogP contribution in [0.15, 0.2) is 0 Å². The Morgan fingerprint density at radius 1 is 0.571 bits per heavy atom. The van der Waals surface area contributed by atoms with E-state index in [9.17, 15) is 89.2 Å². The molecule has 3 saturated carbocycles. The average molecular weight is 766 g/mol. The zero-order valence-electron chi connectivity index (χ0n) is 24.9. The molecule has 7 atom stereocenters. The first kappa shape index (κ1) is 41.9. The van der Waals surface area contributed by atoms with E-state index in [-0.39, 0.29) is 12.3 Å². The second-order valence-electron chi connectivity index (χ2n) is 13.2. The van der Waals surface area contributed by atoms with E-state index in [0.29, 0.717) is 0 Å². The lowest BCUT2D eigenvalue weighted by molar-refractivity contribution is -0.413. The molecule has 3 aliphatic carbocycles. The molecule has 3 aliphatic rings. The molecule has 0 heterocycles. The van der Waals surface area contributed by atoms with Crippen molar-refractivity contribution in [2.75, 3.05) is 6.79 Å². The zero-order chi connectivity index (χ0) is 38.4. The van der Waals surface area contributed by atoms with E-state index in [1.807, 2.05) is 0 Å². The summed E-state index contributed by atoms with van der Waals surface area (Å²) in [5.41, 5.74) is -20.9. The fourth-order valence-electron chi connectivity index (χ4n) is 7.85. The van der Waals surface area contributed by atoms with Crippen molar-refractivity contribution in [2.45, 2.75) is 118 Å².